The minimum atomic E-state index is 0.300. The molecule has 72 valence electrons. The van der Waals surface area contributed by atoms with E-state index < -0.39 is 0 Å². The van der Waals surface area contributed by atoms with Gasteiger partial charge in [0.15, 0.2) is 0 Å². The molecule has 2 atom stereocenters. The second-order valence-electron chi connectivity index (χ2n) is 3.14. The highest BCUT2D eigenvalue weighted by molar-refractivity contribution is 7.96. The average Bonchev–Trinajstić information content (AvgIpc) is 2.48. The first-order chi connectivity index (χ1) is 5.81. The average molecular weight is 190 g/mol. The molecule has 0 aromatic heterocycles. The number of rotatable bonds is 4. The number of hydrogen-bond acceptors (Lipinski definition) is 4. The van der Waals surface area contributed by atoms with Crippen molar-refractivity contribution in [3.8, 4) is 0 Å². The Labute approximate surface area is 78.7 Å². The maximum Gasteiger partial charge on any atom is 0.0487 e. The quantitative estimate of drug-likeness (QED) is 0.619. The van der Waals surface area contributed by atoms with E-state index in [1.54, 1.807) is 11.9 Å². The van der Waals surface area contributed by atoms with Gasteiger partial charge in [0.2, 0.25) is 0 Å². The lowest BCUT2D eigenvalue weighted by Gasteiger charge is -2.15. The van der Waals surface area contributed by atoms with Gasteiger partial charge in [0.05, 0.1) is 0 Å². The second kappa shape index (κ2) is 5.07. The molecule has 1 aliphatic heterocycles. The minimum Gasteiger partial charge on any atom is -0.396 e. The van der Waals surface area contributed by atoms with E-state index in [-0.39, 0.29) is 0 Å². The van der Waals surface area contributed by atoms with E-state index in [4.69, 9.17) is 5.11 Å². The van der Waals surface area contributed by atoms with Gasteiger partial charge in [0.1, 0.15) is 0 Å². The molecule has 0 amide bonds. The third-order valence-electron chi connectivity index (χ3n) is 2.37. The van der Waals surface area contributed by atoms with E-state index in [0.29, 0.717) is 18.6 Å². The molecule has 1 saturated heterocycles. The van der Waals surface area contributed by atoms with Crippen molar-refractivity contribution in [1.82, 2.24) is 9.62 Å². The third kappa shape index (κ3) is 2.36. The molecule has 0 spiro atoms. The summed E-state index contributed by atoms with van der Waals surface area (Å²) in [5, 5.41) is 12.5. The predicted octanol–water partition coefficient (Wildman–Crippen LogP) is 0.167. The van der Waals surface area contributed by atoms with E-state index in [0.717, 1.165) is 19.6 Å². The molecule has 3 nitrogen and oxygen atoms in total. The van der Waals surface area contributed by atoms with Gasteiger partial charge in [0.25, 0.3) is 0 Å². The van der Waals surface area contributed by atoms with Crippen LogP contribution in [0.15, 0.2) is 0 Å². The fourth-order valence-electron chi connectivity index (χ4n) is 1.66. The SMILES string of the molecule is CCNC1CN(SC)CC1CO. The van der Waals surface area contributed by atoms with Gasteiger partial charge in [-0.2, -0.15) is 0 Å². The van der Waals surface area contributed by atoms with Crippen LogP contribution in [0, 0.1) is 5.92 Å². The molecule has 12 heavy (non-hydrogen) atoms. The van der Waals surface area contributed by atoms with Gasteiger partial charge in [0, 0.05) is 31.7 Å². The van der Waals surface area contributed by atoms with Crippen molar-refractivity contribution in [2.45, 2.75) is 13.0 Å². The van der Waals surface area contributed by atoms with Crippen molar-refractivity contribution in [3.63, 3.8) is 0 Å². The number of likely N-dealkylation sites (N-methyl/N-ethyl adjacent to an activating group) is 1. The van der Waals surface area contributed by atoms with E-state index in [1.807, 2.05) is 0 Å². The first-order valence-corrected chi connectivity index (χ1v) is 5.63. The highest BCUT2D eigenvalue weighted by Gasteiger charge is 2.30. The van der Waals surface area contributed by atoms with Crippen LogP contribution in [0.5, 0.6) is 0 Å². The van der Waals surface area contributed by atoms with Gasteiger partial charge >= 0.3 is 0 Å². The molecule has 0 bridgehead atoms. The fourth-order valence-corrected chi connectivity index (χ4v) is 2.31. The molecule has 0 aromatic rings. The molecule has 4 heteroatoms. The van der Waals surface area contributed by atoms with Gasteiger partial charge in [-0.15, -0.1) is 0 Å². The Kier molecular flexibility index (Phi) is 4.35. The summed E-state index contributed by atoms with van der Waals surface area (Å²) in [7, 11) is 0. The molecule has 0 saturated carbocycles. The lowest BCUT2D eigenvalue weighted by atomic mass is 10.1. The van der Waals surface area contributed by atoms with Gasteiger partial charge in [-0.05, 0) is 12.8 Å². The van der Waals surface area contributed by atoms with Crippen LogP contribution in [0.2, 0.25) is 0 Å². The Morgan fingerprint density at radius 2 is 2.33 bits per heavy atom. The zero-order valence-electron chi connectivity index (χ0n) is 7.79. The molecule has 1 aliphatic rings. The summed E-state index contributed by atoms with van der Waals surface area (Å²) < 4.78 is 2.30. The van der Waals surface area contributed by atoms with Crippen LogP contribution in [-0.2, 0) is 0 Å². The van der Waals surface area contributed by atoms with Crippen molar-refractivity contribution in [3.05, 3.63) is 0 Å². The molecule has 0 aliphatic carbocycles. The number of aliphatic hydroxyl groups is 1. The van der Waals surface area contributed by atoms with Crippen LogP contribution in [-0.4, -0.2) is 48.0 Å². The van der Waals surface area contributed by atoms with Crippen LogP contribution in [0.3, 0.4) is 0 Å². The Bertz CT molecular complexity index is 134. The summed E-state index contributed by atoms with van der Waals surface area (Å²) >= 11 is 1.76. The zero-order chi connectivity index (χ0) is 8.97. The summed E-state index contributed by atoms with van der Waals surface area (Å²) in [6.07, 6.45) is 2.09. The Balaban J connectivity index is 2.39. The predicted molar refractivity (Wildman–Crippen MR) is 53.1 cm³/mol. The van der Waals surface area contributed by atoms with Crippen LogP contribution in [0.4, 0.5) is 0 Å². The third-order valence-corrected chi connectivity index (χ3v) is 3.18. The summed E-state index contributed by atoms with van der Waals surface area (Å²) in [6.45, 7) is 5.46. The van der Waals surface area contributed by atoms with E-state index in [1.165, 1.54) is 0 Å². The molecule has 1 fully saturated rings. The molecule has 1 heterocycles. The van der Waals surface area contributed by atoms with Crippen LogP contribution < -0.4 is 5.32 Å². The van der Waals surface area contributed by atoms with Gasteiger partial charge in [-0.25, -0.2) is 4.31 Å². The van der Waals surface area contributed by atoms with Crippen molar-refractivity contribution in [1.29, 1.82) is 0 Å². The Hall–Kier alpha value is 0.230. The van der Waals surface area contributed by atoms with Crippen molar-refractivity contribution in [2.24, 2.45) is 5.92 Å². The maximum atomic E-state index is 9.10. The van der Waals surface area contributed by atoms with Crippen molar-refractivity contribution >= 4 is 11.9 Å². The number of nitrogens with zero attached hydrogens (tertiary/aromatic N) is 1. The number of nitrogens with one attached hydrogen (secondary N) is 1. The van der Waals surface area contributed by atoms with Crippen LogP contribution in [0.25, 0.3) is 0 Å². The van der Waals surface area contributed by atoms with Crippen molar-refractivity contribution in [2.75, 3.05) is 32.5 Å². The van der Waals surface area contributed by atoms with E-state index in [2.05, 4.69) is 22.8 Å². The molecule has 1 rings (SSSR count). The van der Waals surface area contributed by atoms with Gasteiger partial charge < -0.3 is 10.4 Å². The molecule has 2 unspecified atom stereocenters. The standard InChI is InChI=1S/C8H18N2OS/c1-3-9-8-5-10(12-2)4-7(8)6-11/h7-9,11H,3-6H2,1-2H3. The lowest BCUT2D eigenvalue weighted by Crippen LogP contribution is -2.37. The number of aliphatic hydroxyl groups excluding tert-OH is 1. The Morgan fingerprint density at radius 1 is 1.58 bits per heavy atom. The molecular formula is C8H18N2OS. The summed E-state index contributed by atoms with van der Waals surface area (Å²) in [4.78, 5) is 0. The molecular weight excluding hydrogens is 172 g/mol. The molecule has 0 aromatic carbocycles. The zero-order valence-corrected chi connectivity index (χ0v) is 8.60. The Morgan fingerprint density at radius 3 is 2.83 bits per heavy atom. The maximum absolute atomic E-state index is 9.10. The first-order valence-electron chi connectivity index (χ1n) is 4.45. The normalized spacial score (nSPS) is 31.2. The second-order valence-corrected chi connectivity index (χ2v) is 4.02. The molecule has 0 radical (unpaired) electrons. The number of hydrogen-bond donors (Lipinski definition) is 2. The molecule has 2 N–H and O–H groups in total. The first kappa shape index (κ1) is 10.3. The lowest BCUT2D eigenvalue weighted by molar-refractivity contribution is 0.214. The monoisotopic (exact) mass is 190 g/mol. The summed E-state index contributed by atoms with van der Waals surface area (Å²) in [5.74, 6) is 0.414. The van der Waals surface area contributed by atoms with Crippen LogP contribution in [0.1, 0.15) is 6.92 Å². The smallest absolute Gasteiger partial charge is 0.0487 e. The topological polar surface area (TPSA) is 35.5 Å². The minimum absolute atomic E-state index is 0.300. The summed E-state index contributed by atoms with van der Waals surface area (Å²) in [5.41, 5.74) is 0. The van der Waals surface area contributed by atoms with E-state index >= 15 is 0 Å². The van der Waals surface area contributed by atoms with Crippen molar-refractivity contribution < 1.29 is 5.11 Å². The summed E-state index contributed by atoms with van der Waals surface area (Å²) in [6, 6.07) is 0.479. The van der Waals surface area contributed by atoms with Gasteiger partial charge in [-0.3, -0.25) is 0 Å². The van der Waals surface area contributed by atoms with Gasteiger partial charge in [-0.1, -0.05) is 18.9 Å². The highest BCUT2D eigenvalue weighted by Crippen LogP contribution is 2.21. The van der Waals surface area contributed by atoms with E-state index in [9.17, 15) is 0 Å². The fraction of sp³-hybridized carbons (Fsp3) is 1.00. The highest BCUT2D eigenvalue weighted by atomic mass is 32.2. The van der Waals surface area contributed by atoms with Crippen LogP contribution >= 0.6 is 11.9 Å². The largest absolute Gasteiger partial charge is 0.396 e.